The second-order valence-electron chi connectivity index (χ2n) is 4.86. The molecule has 0 radical (unpaired) electrons. The summed E-state index contributed by atoms with van der Waals surface area (Å²) >= 11 is 3.50. The Balaban J connectivity index is 2.99. The zero-order valence-electron chi connectivity index (χ0n) is 11.0. The van der Waals surface area contributed by atoms with E-state index >= 15 is 0 Å². The predicted molar refractivity (Wildman–Crippen MR) is 74.3 cm³/mol. The molecule has 1 unspecified atom stereocenters. The molecule has 0 aromatic heterocycles. The van der Waals surface area contributed by atoms with E-state index in [4.69, 9.17) is 4.74 Å². The lowest BCUT2D eigenvalue weighted by molar-refractivity contribution is 0.0459. The molecule has 3 heteroatoms. The minimum absolute atomic E-state index is 0.129. The Labute approximate surface area is 112 Å². The molecule has 0 spiro atoms. The second kappa shape index (κ2) is 5.87. The van der Waals surface area contributed by atoms with E-state index in [1.807, 2.05) is 25.1 Å². The van der Waals surface area contributed by atoms with Crippen molar-refractivity contribution in [3.63, 3.8) is 0 Å². The van der Waals surface area contributed by atoms with Crippen molar-refractivity contribution in [2.24, 2.45) is 5.41 Å². The van der Waals surface area contributed by atoms with E-state index in [0.717, 1.165) is 22.2 Å². The molecular formula is C14H21BrO2. The first-order valence-electron chi connectivity index (χ1n) is 6.02. The van der Waals surface area contributed by atoms with Crippen LogP contribution in [0.1, 0.15) is 45.8 Å². The fourth-order valence-corrected chi connectivity index (χ4v) is 2.18. The molecule has 17 heavy (non-hydrogen) atoms. The molecule has 0 saturated carbocycles. The number of ether oxygens (including phenoxy) is 1. The fourth-order valence-electron chi connectivity index (χ4n) is 1.60. The molecule has 2 nitrogen and oxygen atoms in total. The molecule has 0 saturated heterocycles. The monoisotopic (exact) mass is 300 g/mol. The van der Waals surface area contributed by atoms with Crippen molar-refractivity contribution in [1.82, 2.24) is 0 Å². The van der Waals surface area contributed by atoms with E-state index in [1.165, 1.54) is 0 Å². The third-order valence-electron chi connectivity index (χ3n) is 3.23. The van der Waals surface area contributed by atoms with Crippen molar-refractivity contribution in [2.75, 3.05) is 6.61 Å². The molecule has 96 valence electrons. The number of halogens is 1. The Morgan fingerprint density at radius 3 is 2.47 bits per heavy atom. The number of rotatable bonds is 5. The van der Waals surface area contributed by atoms with Gasteiger partial charge in [-0.25, -0.2) is 0 Å². The van der Waals surface area contributed by atoms with Crippen molar-refractivity contribution in [3.05, 3.63) is 28.2 Å². The molecule has 0 amide bonds. The summed E-state index contributed by atoms with van der Waals surface area (Å²) in [6.45, 7) is 8.83. The van der Waals surface area contributed by atoms with E-state index in [0.29, 0.717) is 6.61 Å². The number of benzene rings is 1. The maximum atomic E-state index is 10.4. The van der Waals surface area contributed by atoms with Crippen molar-refractivity contribution in [1.29, 1.82) is 0 Å². The summed E-state index contributed by atoms with van der Waals surface area (Å²) in [5.74, 6) is 0.824. The van der Waals surface area contributed by atoms with Crippen LogP contribution in [0.5, 0.6) is 5.75 Å². The Kier molecular flexibility index (Phi) is 5.02. The Morgan fingerprint density at radius 2 is 2.00 bits per heavy atom. The van der Waals surface area contributed by atoms with Gasteiger partial charge in [0.25, 0.3) is 0 Å². The van der Waals surface area contributed by atoms with E-state index in [2.05, 4.69) is 36.7 Å². The highest BCUT2D eigenvalue weighted by molar-refractivity contribution is 9.10. The zero-order chi connectivity index (χ0) is 13.1. The highest BCUT2D eigenvalue weighted by Gasteiger charge is 2.28. The van der Waals surface area contributed by atoms with E-state index < -0.39 is 6.10 Å². The van der Waals surface area contributed by atoms with Crippen LogP contribution in [0.4, 0.5) is 0 Å². The average molecular weight is 301 g/mol. The highest BCUT2D eigenvalue weighted by atomic mass is 79.9. The molecule has 0 bridgehead atoms. The van der Waals surface area contributed by atoms with Crippen molar-refractivity contribution in [3.8, 4) is 5.75 Å². The summed E-state index contributed by atoms with van der Waals surface area (Å²) in [4.78, 5) is 0. The maximum Gasteiger partial charge on any atom is 0.120 e. The average Bonchev–Trinajstić information content (AvgIpc) is 2.29. The van der Waals surface area contributed by atoms with Gasteiger partial charge in [0.05, 0.1) is 12.7 Å². The molecule has 1 rings (SSSR count). The molecule has 1 N–H and O–H groups in total. The number of hydrogen-bond donors (Lipinski definition) is 1. The normalized spacial score (nSPS) is 13.5. The van der Waals surface area contributed by atoms with Gasteiger partial charge in [-0.3, -0.25) is 0 Å². The first kappa shape index (κ1) is 14.5. The fraction of sp³-hybridized carbons (Fsp3) is 0.571. The largest absolute Gasteiger partial charge is 0.494 e. The van der Waals surface area contributed by atoms with Crippen LogP contribution in [0.2, 0.25) is 0 Å². The van der Waals surface area contributed by atoms with Gasteiger partial charge in [-0.2, -0.15) is 0 Å². The molecule has 1 aromatic rings. The van der Waals surface area contributed by atoms with Gasteiger partial charge in [-0.1, -0.05) is 42.8 Å². The molecule has 0 fully saturated rings. The minimum Gasteiger partial charge on any atom is -0.494 e. The summed E-state index contributed by atoms with van der Waals surface area (Å²) in [5, 5.41) is 10.4. The number of aliphatic hydroxyl groups excluding tert-OH is 1. The quantitative estimate of drug-likeness (QED) is 0.877. The highest BCUT2D eigenvalue weighted by Crippen LogP contribution is 2.39. The lowest BCUT2D eigenvalue weighted by atomic mass is 9.80. The van der Waals surface area contributed by atoms with Crippen molar-refractivity contribution < 1.29 is 9.84 Å². The van der Waals surface area contributed by atoms with Crippen molar-refractivity contribution >= 4 is 15.9 Å². The smallest absolute Gasteiger partial charge is 0.120 e. The first-order valence-corrected chi connectivity index (χ1v) is 6.82. The van der Waals surface area contributed by atoms with Gasteiger partial charge in [-0.05, 0) is 36.5 Å². The van der Waals surface area contributed by atoms with Crippen LogP contribution < -0.4 is 4.74 Å². The minimum atomic E-state index is -0.474. The molecule has 0 aliphatic rings. The predicted octanol–water partition coefficient (Wildman–Crippen LogP) is 4.32. The van der Waals surface area contributed by atoms with E-state index in [1.54, 1.807) is 0 Å². The first-order chi connectivity index (χ1) is 7.92. The van der Waals surface area contributed by atoms with Crippen molar-refractivity contribution in [2.45, 2.75) is 40.2 Å². The summed E-state index contributed by atoms with van der Waals surface area (Å²) in [6, 6.07) is 5.74. The molecule has 0 heterocycles. The van der Waals surface area contributed by atoms with Crippen LogP contribution in [0.3, 0.4) is 0 Å². The SMILES string of the molecule is CCOc1ccc(C(O)C(C)(C)CC)c(Br)c1. The van der Waals surface area contributed by atoms with Gasteiger partial charge in [-0.15, -0.1) is 0 Å². The van der Waals surface area contributed by atoms with Crippen LogP contribution in [0, 0.1) is 5.41 Å². The molecule has 0 aliphatic heterocycles. The lowest BCUT2D eigenvalue weighted by Gasteiger charge is -2.30. The lowest BCUT2D eigenvalue weighted by Crippen LogP contribution is -2.21. The second-order valence-corrected chi connectivity index (χ2v) is 5.72. The maximum absolute atomic E-state index is 10.4. The van der Waals surface area contributed by atoms with Gasteiger partial charge in [0, 0.05) is 4.47 Å². The third-order valence-corrected chi connectivity index (χ3v) is 3.92. The van der Waals surface area contributed by atoms with Gasteiger partial charge >= 0.3 is 0 Å². The zero-order valence-corrected chi connectivity index (χ0v) is 12.5. The number of aliphatic hydroxyl groups is 1. The summed E-state index contributed by atoms with van der Waals surface area (Å²) in [6.07, 6.45) is 0.450. The topological polar surface area (TPSA) is 29.5 Å². The summed E-state index contributed by atoms with van der Waals surface area (Å²) in [5.41, 5.74) is 0.788. The number of hydrogen-bond acceptors (Lipinski definition) is 2. The van der Waals surface area contributed by atoms with Crippen LogP contribution in [-0.4, -0.2) is 11.7 Å². The van der Waals surface area contributed by atoms with E-state index in [-0.39, 0.29) is 5.41 Å². The third kappa shape index (κ3) is 3.46. The standard InChI is InChI=1S/C14H21BrO2/c1-5-14(3,4)13(16)11-8-7-10(17-6-2)9-12(11)15/h7-9,13,16H,5-6H2,1-4H3. The van der Waals surface area contributed by atoms with Crippen LogP contribution >= 0.6 is 15.9 Å². The van der Waals surface area contributed by atoms with E-state index in [9.17, 15) is 5.11 Å². The molecular weight excluding hydrogens is 280 g/mol. The van der Waals surface area contributed by atoms with Crippen LogP contribution in [-0.2, 0) is 0 Å². The molecule has 0 aliphatic carbocycles. The Morgan fingerprint density at radius 1 is 1.35 bits per heavy atom. The Bertz CT molecular complexity index is 374. The molecule has 1 atom stereocenters. The van der Waals surface area contributed by atoms with Gasteiger partial charge in [0.15, 0.2) is 0 Å². The van der Waals surface area contributed by atoms with Crippen LogP contribution in [0.25, 0.3) is 0 Å². The summed E-state index contributed by atoms with van der Waals surface area (Å²) in [7, 11) is 0. The molecule has 1 aromatic carbocycles. The van der Waals surface area contributed by atoms with Gasteiger partial charge in [0.2, 0.25) is 0 Å². The van der Waals surface area contributed by atoms with Crippen LogP contribution in [0.15, 0.2) is 22.7 Å². The van der Waals surface area contributed by atoms with Gasteiger partial charge < -0.3 is 9.84 Å². The summed E-state index contributed by atoms with van der Waals surface area (Å²) < 4.78 is 6.32. The Hall–Kier alpha value is -0.540. The van der Waals surface area contributed by atoms with Gasteiger partial charge in [0.1, 0.15) is 5.75 Å².